The lowest BCUT2D eigenvalue weighted by Gasteiger charge is -2.02. The van der Waals surface area contributed by atoms with E-state index in [1.54, 1.807) is 6.92 Å². The van der Waals surface area contributed by atoms with E-state index >= 15 is 0 Å². The number of hydrogen-bond acceptors (Lipinski definition) is 2. The third kappa shape index (κ3) is 1.84. The SMILES string of the molecule is C=C1OC(=O)C(C)=C1Cc1ccccc1. The highest BCUT2D eigenvalue weighted by atomic mass is 16.5. The highest BCUT2D eigenvalue weighted by Crippen LogP contribution is 2.27. The molecule has 0 bridgehead atoms. The van der Waals surface area contributed by atoms with Crippen LogP contribution >= 0.6 is 0 Å². The van der Waals surface area contributed by atoms with Crippen LogP contribution in [-0.2, 0) is 16.0 Å². The van der Waals surface area contributed by atoms with Gasteiger partial charge in [-0.2, -0.15) is 0 Å². The second-order valence-electron chi connectivity index (χ2n) is 3.58. The van der Waals surface area contributed by atoms with Crippen molar-refractivity contribution < 1.29 is 9.53 Å². The maximum absolute atomic E-state index is 11.2. The third-order valence-corrected chi connectivity index (χ3v) is 2.54. The van der Waals surface area contributed by atoms with E-state index in [0.717, 1.165) is 11.1 Å². The molecule has 0 unspecified atom stereocenters. The van der Waals surface area contributed by atoms with Gasteiger partial charge in [-0.05, 0) is 12.5 Å². The number of carbonyl (C=O) groups is 1. The van der Waals surface area contributed by atoms with E-state index in [1.807, 2.05) is 30.3 Å². The number of rotatable bonds is 2. The Morgan fingerprint density at radius 1 is 1.27 bits per heavy atom. The Hall–Kier alpha value is -1.83. The fraction of sp³-hybridized carbons (Fsp3) is 0.154. The van der Waals surface area contributed by atoms with Gasteiger partial charge in [0.1, 0.15) is 5.76 Å². The van der Waals surface area contributed by atoms with Crippen LogP contribution in [0.2, 0.25) is 0 Å². The van der Waals surface area contributed by atoms with E-state index in [1.165, 1.54) is 0 Å². The lowest BCUT2D eigenvalue weighted by molar-refractivity contribution is -0.133. The van der Waals surface area contributed by atoms with Crippen LogP contribution < -0.4 is 0 Å². The van der Waals surface area contributed by atoms with Gasteiger partial charge in [0.25, 0.3) is 0 Å². The quantitative estimate of drug-likeness (QED) is 0.686. The molecule has 0 aliphatic carbocycles. The Morgan fingerprint density at radius 2 is 1.93 bits per heavy atom. The molecular weight excluding hydrogens is 188 g/mol. The summed E-state index contributed by atoms with van der Waals surface area (Å²) < 4.78 is 4.95. The Balaban J connectivity index is 2.27. The molecule has 0 amide bonds. The van der Waals surface area contributed by atoms with Crippen LogP contribution in [0.1, 0.15) is 12.5 Å². The molecule has 0 saturated heterocycles. The van der Waals surface area contributed by atoms with Crippen molar-refractivity contribution in [2.24, 2.45) is 0 Å². The van der Waals surface area contributed by atoms with Gasteiger partial charge in [0, 0.05) is 17.6 Å². The molecular formula is C13H12O2. The number of allylic oxidation sites excluding steroid dienone is 1. The van der Waals surface area contributed by atoms with Gasteiger partial charge in [-0.1, -0.05) is 36.9 Å². The van der Waals surface area contributed by atoms with Crippen LogP contribution in [-0.4, -0.2) is 5.97 Å². The fourth-order valence-corrected chi connectivity index (χ4v) is 1.61. The van der Waals surface area contributed by atoms with Crippen molar-refractivity contribution in [3.8, 4) is 0 Å². The van der Waals surface area contributed by atoms with Gasteiger partial charge in [-0.15, -0.1) is 0 Å². The first-order valence-corrected chi connectivity index (χ1v) is 4.83. The fourth-order valence-electron chi connectivity index (χ4n) is 1.61. The molecule has 0 fully saturated rings. The average molecular weight is 200 g/mol. The Bertz CT molecular complexity index is 441. The zero-order valence-corrected chi connectivity index (χ0v) is 8.62. The summed E-state index contributed by atoms with van der Waals surface area (Å²) in [6.45, 7) is 5.51. The smallest absolute Gasteiger partial charge is 0.339 e. The summed E-state index contributed by atoms with van der Waals surface area (Å²) in [4.78, 5) is 11.2. The lowest BCUT2D eigenvalue weighted by atomic mass is 10.0. The Morgan fingerprint density at radius 3 is 2.47 bits per heavy atom. The summed E-state index contributed by atoms with van der Waals surface area (Å²) in [6.07, 6.45) is 0.706. The van der Waals surface area contributed by atoms with Crippen LogP contribution in [0.4, 0.5) is 0 Å². The van der Waals surface area contributed by atoms with Crippen molar-refractivity contribution in [3.63, 3.8) is 0 Å². The first-order chi connectivity index (χ1) is 7.18. The minimum Gasteiger partial charge on any atom is -0.423 e. The van der Waals surface area contributed by atoms with Crippen LogP contribution in [0.15, 0.2) is 53.8 Å². The average Bonchev–Trinajstić information content (AvgIpc) is 2.47. The number of hydrogen-bond donors (Lipinski definition) is 0. The molecule has 1 aromatic rings. The largest absolute Gasteiger partial charge is 0.423 e. The second-order valence-corrected chi connectivity index (χ2v) is 3.58. The zero-order valence-electron chi connectivity index (χ0n) is 8.62. The van der Waals surface area contributed by atoms with Crippen molar-refractivity contribution in [3.05, 3.63) is 59.4 Å². The minimum atomic E-state index is -0.272. The van der Waals surface area contributed by atoms with Crippen molar-refractivity contribution in [2.75, 3.05) is 0 Å². The van der Waals surface area contributed by atoms with E-state index in [0.29, 0.717) is 17.8 Å². The number of esters is 1. The van der Waals surface area contributed by atoms with Crippen molar-refractivity contribution in [2.45, 2.75) is 13.3 Å². The molecule has 1 aliphatic heterocycles. The van der Waals surface area contributed by atoms with Gasteiger partial charge in [0.15, 0.2) is 0 Å². The molecule has 15 heavy (non-hydrogen) atoms. The molecule has 2 heteroatoms. The maximum Gasteiger partial charge on any atom is 0.339 e. The van der Waals surface area contributed by atoms with Crippen LogP contribution in [0.25, 0.3) is 0 Å². The summed E-state index contributed by atoms with van der Waals surface area (Å²) in [5, 5.41) is 0. The second kappa shape index (κ2) is 3.73. The van der Waals surface area contributed by atoms with Gasteiger partial charge in [-0.25, -0.2) is 4.79 Å². The van der Waals surface area contributed by atoms with Crippen LogP contribution in [0, 0.1) is 0 Å². The summed E-state index contributed by atoms with van der Waals surface area (Å²) in [5.74, 6) is 0.215. The minimum absolute atomic E-state index is 0.272. The monoisotopic (exact) mass is 200 g/mol. The molecule has 1 heterocycles. The predicted octanol–water partition coefficient (Wildman–Crippen LogP) is 2.62. The van der Waals surface area contributed by atoms with E-state index in [4.69, 9.17) is 4.74 Å². The molecule has 0 N–H and O–H groups in total. The van der Waals surface area contributed by atoms with Gasteiger partial charge >= 0.3 is 5.97 Å². The predicted molar refractivity (Wildman–Crippen MR) is 58.1 cm³/mol. The Kier molecular flexibility index (Phi) is 2.42. The van der Waals surface area contributed by atoms with Gasteiger partial charge in [0.2, 0.25) is 0 Å². The first-order valence-electron chi connectivity index (χ1n) is 4.83. The number of cyclic esters (lactones) is 1. The molecule has 1 aliphatic rings. The summed E-state index contributed by atoms with van der Waals surface area (Å²) in [6, 6.07) is 9.97. The summed E-state index contributed by atoms with van der Waals surface area (Å²) >= 11 is 0. The van der Waals surface area contributed by atoms with E-state index < -0.39 is 0 Å². The number of benzene rings is 1. The van der Waals surface area contributed by atoms with Crippen LogP contribution in [0.3, 0.4) is 0 Å². The van der Waals surface area contributed by atoms with Crippen molar-refractivity contribution in [1.29, 1.82) is 0 Å². The molecule has 2 nitrogen and oxygen atoms in total. The molecule has 0 saturated carbocycles. The van der Waals surface area contributed by atoms with Crippen molar-refractivity contribution in [1.82, 2.24) is 0 Å². The van der Waals surface area contributed by atoms with E-state index in [9.17, 15) is 4.79 Å². The normalized spacial score (nSPS) is 15.8. The van der Waals surface area contributed by atoms with Gasteiger partial charge in [-0.3, -0.25) is 0 Å². The summed E-state index contributed by atoms with van der Waals surface area (Å²) in [5.41, 5.74) is 2.74. The van der Waals surface area contributed by atoms with E-state index in [-0.39, 0.29) is 5.97 Å². The van der Waals surface area contributed by atoms with Crippen LogP contribution in [0.5, 0.6) is 0 Å². The number of ether oxygens (including phenoxy) is 1. The molecule has 0 radical (unpaired) electrons. The molecule has 76 valence electrons. The van der Waals surface area contributed by atoms with Gasteiger partial charge < -0.3 is 4.74 Å². The van der Waals surface area contributed by atoms with E-state index in [2.05, 4.69) is 6.58 Å². The molecule has 1 aromatic carbocycles. The zero-order chi connectivity index (χ0) is 10.8. The number of carbonyl (C=O) groups excluding carboxylic acids is 1. The third-order valence-electron chi connectivity index (χ3n) is 2.54. The van der Waals surface area contributed by atoms with Crippen molar-refractivity contribution >= 4 is 5.97 Å². The molecule has 2 rings (SSSR count). The molecule has 0 aromatic heterocycles. The molecule has 0 spiro atoms. The standard InChI is InChI=1S/C13H12O2/c1-9-12(10(2)15-13(9)14)8-11-6-4-3-5-7-11/h3-7H,2,8H2,1H3. The highest BCUT2D eigenvalue weighted by Gasteiger charge is 2.24. The topological polar surface area (TPSA) is 26.3 Å². The van der Waals surface area contributed by atoms with Gasteiger partial charge in [0.05, 0.1) is 0 Å². The molecule has 0 atom stereocenters. The Labute approximate surface area is 88.9 Å². The summed E-state index contributed by atoms with van der Waals surface area (Å²) in [7, 11) is 0. The highest BCUT2D eigenvalue weighted by molar-refractivity contribution is 5.93. The first kappa shape index (κ1) is 9.71. The maximum atomic E-state index is 11.2. The lowest BCUT2D eigenvalue weighted by Crippen LogP contribution is -1.94.